The van der Waals surface area contributed by atoms with E-state index in [1.807, 2.05) is 11.8 Å². The van der Waals surface area contributed by atoms with Crippen LogP contribution in [0, 0.1) is 0 Å². The molecule has 1 rings (SSSR count). The molecule has 0 aromatic heterocycles. The Morgan fingerprint density at radius 1 is 1.79 bits per heavy atom. The van der Waals surface area contributed by atoms with E-state index in [0.29, 0.717) is 19.5 Å². The molecule has 1 aliphatic heterocycles. The van der Waals surface area contributed by atoms with E-state index in [4.69, 9.17) is 5.84 Å². The van der Waals surface area contributed by atoms with Crippen molar-refractivity contribution in [1.82, 2.24) is 15.6 Å². The van der Waals surface area contributed by atoms with Gasteiger partial charge in [0.05, 0.1) is 6.04 Å². The lowest BCUT2D eigenvalue weighted by Gasteiger charge is -2.32. The summed E-state index contributed by atoms with van der Waals surface area (Å²) in [6.07, 6.45) is 0.327. The van der Waals surface area contributed by atoms with Crippen LogP contribution in [0.25, 0.3) is 0 Å². The van der Waals surface area contributed by atoms with Gasteiger partial charge in [0, 0.05) is 26.1 Å². The van der Waals surface area contributed by atoms with Gasteiger partial charge < -0.3 is 5.32 Å². The van der Waals surface area contributed by atoms with Crippen LogP contribution in [0.4, 0.5) is 0 Å². The summed E-state index contributed by atoms with van der Waals surface area (Å²) >= 11 is 0. The summed E-state index contributed by atoms with van der Waals surface area (Å²) in [5, 5.41) is 2.76. The van der Waals surface area contributed by atoms with Gasteiger partial charge in [-0.2, -0.15) is 0 Å². The van der Waals surface area contributed by atoms with Gasteiger partial charge in [0.2, 0.25) is 11.8 Å². The molecule has 0 aromatic carbocycles. The number of hydrazine groups is 1. The lowest BCUT2D eigenvalue weighted by atomic mass is 10.2. The molecule has 1 saturated heterocycles. The second-order valence-electron chi connectivity index (χ2n) is 3.32. The topological polar surface area (TPSA) is 87.5 Å². The summed E-state index contributed by atoms with van der Waals surface area (Å²) in [4.78, 5) is 24.1. The first-order valence-electron chi connectivity index (χ1n) is 4.66. The van der Waals surface area contributed by atoms with Crippen LogP contribution >= 0.6 is 0 Å². The molecule has 0 spiro atoms. The van der Waals surface area contributed by atoms with Crippen LogP contribution in [0.5, 0.6) is 0 Å². The largest absolute Gasteiger partial charge is 0.353 e. The smallest absolute Gasteiger partial charge is 0.237 e. The van der Waals surface area contributed by atoms with Gasteiger partial charge in [-0.3, -0.25) is 19.9 Å². The number of hydrogen-bond donors (Lipinski definition) is 3. The molecule has 80 valence electrons. The Morgan fingerprint density at radius 2 is 2.50 bits per heavy atom. The highest BCUT2D eigenvalue weighted by Crippen LogP contribution is 2.03. The fourth-order valence-corrected chi connectivity index (χ4v) is 1.45. The highest BCUT2D eigenvalue weighted by Gasteiger charge is 2.25. The first-order chi connectivity index (χ1) is 6.65. The van der Waals surface area contributed by atoms with Gasteiger partial charge in [0.25, 0.3) is 0 Å². The summed E-state index contributed by atoms with van der Waals surface area (Å²) < 4.78 is 0. The van der Waals surface area contributed by atoms with Crippen molar-refractivity contribution in [3.05, 3.63) is 0 Å². The number of piperazine rings is 1. The van der Waals surface area contributed by atoms with Crippen LogP contribution in [-0.2, 0) is 9.59 Å². The Kier molecular flexibility index (Phi) is 3.84. The van der Waals surface area contributed by atoms with E-state index in [-0.39, 0.29) is 17.9 Å². The second-order valence-corrected chi connectivity index (χ2v) is 3.32. The average molecular weight is 200 g/mol. The summed E-state index contributed by atoms with van der Waals surface area (Å²) in [5.74, 6) is 4.76. The van der Waals surface area contributed by atoms with Crippen molar-refractivity contribution in [2.75, 3.05) is 19.6 Å². The first-order valence-corrected chi connectivity index (χ1v) is 4.66. The van der Waals surface area contributed by atoms with E-state index < -0.39 is 0 Å². The first kappa shape index (κ1) is 10.9. The monoisotopic (exact) mass is 200 g/mol. The van der Waals surface area contributed by atoms with Gasteiger partial charge in [0.1, 0.15) is 0 Å². The van der Waals surface area contributed by atoms with E-state index >= 15 is 0 Å². The molecule has 0 saturated carbocycles. The minimum Gasteiger partial charge on any atom is -0.353 e. The molecule has 2 amide bonds. The van der Waals surface area contributed by atoms with Crippen molar-refractivity contribution in [3.8, 4) is 0 Å². The van der Waals surface area contributed by atoms with Crippen LogP contribution in [-0.4, -0.2) is 42.4 Å². The number of rotatable bonds is 3. The number of nitrogens with one attached hydrogen (secondary N) is 2. The molecule has 1 fully saturated rings. The van der Waals surface area contributed by atoms with E-state index in [0.717, 1.165) is 6.54 Å². The van der Waals surface area contributed by atoms with Crippen molar-refractivity contribution in [2.45, 2.75) is 19.4 Å². The lowest BCUT2D eigenvalue weighted by molar-refractivity contribution is -0.129. The fraction of sp³-hybridized carbons (Fsp3) is 0.750. The molecule has 14 heavy (non-hydrogen) atoms. The third kappa shape index (κ3) is 2.68. The predicted octanol–water partition coefficient (Wildman–Crippen LogP) is -1.81. The predicted molar refractivity (Wildman–Crippen MR) is 51.0 cm³/mol. The van der Waals surface area contributed by atoms with Crippen LogP contribution in [0.3, 0.4) is 0 Å². The quantitative estimate of drug-likeness (QED) is 0.284. The third-order valence-electron chi connectivity index (χ3n) is 2.41. The molecule has 0 bridgehead atoms. The van der Waals surface area contributed by atoms with Crippen LogP contribution < -0.4 is 16.6 Å². The summed E-state index contributed by atoms with van der Waals surface area (Å²) in [5.41, 5.74) is 2.06. The summed E-state index contributed by atoms with van der Waals surface area (Å²) in [6.45, 7) is 3.82. The minimum atomic E-state index is -0.205. The zero-order valence-corrected chi connectivity index (χ0v) is 8.25. The molecule has 1 heterocycles. The highest BCUT2D eigenvalue weighted by molar-refractivity contribution is 5.82. The molecule has 6 heteroatoms. The number of amides is 2. The summed E-state index contributed by atoms with van der Waals surface area (Å²) in [6, 6.07) is -0.158. The van der Waals surface area contributed by atoms with Crippen LogP contribution in [0.1, 0.15) is 13.3 Å². The Morgan fingerprint density at radius 3 is 3.14 bits per heavy atom. The Labute approximate surface area is 82.8 Å². The van der Waals surface area contributed by atoms with Gasteiger partial charge in [-0.05, 0) is 6.92 Å². The van der Waals surface area contributed by atoms with E-state index in [9.17, 15) is 9.59 Å². The molecule has 1 aliphatic rings. The Balaban J connectivity index is 2.36. The average Bonchev–Trinajstić information content (AvgIpc) is 2.20. The van der Waals surface area contributed by atoms with Crippen molar-refractivity contribution in [1.29, 1.82) is 0 Å². The molecular weight excluding hydrogens is 184 g/mol. The van der Waals surface area contributed by atoms with Gasteiger partial charge in [-0.25, -0.2) is 5.84 Å². The van der Waals surface area contributed by atoms with E-state index in [1.165, 1.54) is 0 Å². The molecule has 0 aromatic rings. The molecule has 0 radical (unpaired) electrons. The van der Waals surface area contributed by atoms with E-state index in [1.54, 1.807) is 0 Å². The summed E-state index contributed by atoms with van der Waals surface area (Å²) in [7, 11) is 0. The molecule has 1 unspecified atom stereocenters. The Hall–Kier alpha value is -1.14. The van der Waals surface area contributed by atoms with Crippen molar-refractivity contribution in [2.24, 2.45) is 5.84 Å². The highest BCUT2D eigenvalue weighted by atomic mass is 16.2. The van der Waals surface area contributed by atoms with Gasteiger partial charge >= 0.3 is 0 Å². The number of nitrogens with zero attached hydrogens (tertiary/aromatic N) is 1. The molecule has 4 N–H and O–H groups in total. The maximum atomic E-state index is 11.2. The normalized spacial score (nSPS) is 23.0. The van der Waals surface area contributed by atoms with Gasteiger partial charge in [-0.1, -0.05) is 0 Å². The van der Waals surface area contributed by atoms with Gasteiger partial charge in [-0.15, -0.1) is 0 Å². The van der Waals surface area contributed by atoms with Crippen LogP contribution in [0.2, 0.25) is 0 Å². The van der Waals surface area contributed by atoms with Crippen molar-refractivity contribution < 1.29 is 9.59 Å². The lowest BCUT2D eigenvalue weighted by Crippen LogP contribution is -2.54. The Bertz CT molecular complexity index is 231. The SMILES string of the molecule is CC1C(=O)NCCN1CCC(=O)NN. The van der Waals surface area contributed by atoms with Crippen LogP contribution in [0.15, 0.2) is 0 Å². The maximum absolute atomic E-state index is 11.2. The molecular formula is C8H16N4O2. The number of carbonyl (C=O) groups is 2. The number of nitrogens with two attached hydrogens (primary N) is 1. The van der Waals surface area contributed by atoms with E-state index in [2.05, 4.69) is 10.7 Å². The number of carbonyl (C=O) groups excluding carboxylic acids is 2. The molecule has 1 atom stereocenters. The minimum absolute atomic E-state index is 0.0180. The van der Waals surface area contributed by atoms with Crippen molar-refractivity contribution >= 4 is 11.8 Å². The maximum Gasteiger partial charge on any atom is 0.237 e. The molecule has 6 nitrogen and oxygen atoms in total. The molecule has 0 aliphatic carbocycles. The zero-order chi connectivity index (χ0) is 10.6. The van der Waals surface area contributed by atoms with Gasteiger partial charge in [0.15, 0.2) is 0 Å². The standard InChI is InChI=1S/C8H16N4O2/c1-6-8(14)10-3-5-12(6)4-2-7(13)11-9/h6H,2-5,9H2,1H3,(H,10,14)(H,11,13). The zero-order valence-electron chi connectivity index (χ0n) is 8.25. The number of hydrogen-bond acceptors (Lipinski definition) is 4. The van der Waals surface area contributed by atoms with Crippen molar-refractivity contribution in [3.63, 3.8) is 0 Å². The third-order valence-corrected chi connectivity index (χ3v) is 2.41. The second kappa shape index (κ2) is 4.92. The fourth-order valence-electron chi connectivity index (χ4n) is 1.45.